The predicted molar refractivity (Wildman–Crippen MR) is 69.1 cm³/mol. The lowest BCUT2D eigenvalue weighted by Crippen LogP contribution is -2.35. The molecule has 0 saturated heterocycles. The number of hydrogen-bond donors (Lipinski definition) is 1. The molecule has 0 aliphatic heterocycles. The van der Waals surface area contributed by atoms with Crippen LogP contribution in [0.15, 0.2) is 30.3 Å². The van der Waals surface area contributed by atoms with Crippen molar-refractivity contribution in [2.24, 2.45) is 0 Å². The van der Waals surface area contributed by atoms with Gasteiger partial charge in [-0.15, -0.1) is 0 Å². The molecule has 0 aliphatic rings. The summed E-state index contributed by atoms with van der Waals surface area (Å²) in [5.41, 5.74) is 0.237. The molecule has 0 saturated carbocycles. The van der Waals surface area contributed by atoms with Crippen LogP contribution in [0.2, 0.25) is 0 Å². The third-order valence-electron chi connectivity index (χ3n) is 2.18. The van der Waals surface area contributed by atoms with Crippen LogP contribution in [-0.4, -0.2) is 24.4 Å². The molecule has 18 heavy (non-hydrogen) atoms. The number of benzene rings is 1. The summed E-state index contributed by atoms with van der Waals surface area (Å²) < 4.78 is 5.33. The highest BCUT2D eigenvalue weighted by Crippen LogP contribution is 2.18. The molecule has 98 valence electrons. The Labute approximate surface area is 107 Å². The van der Waals surface area contributed by atoms with E-state index >= 15 is 0 Å². The standard InChI is InChI=1S/C14H19NO3/c1-14(2,3)18-13(17)12(15-9-10-16)11-7-5-4-6-8-11/h4-8,10,12,15H,9H2,1-3H3. The first-order valence-electron chi connectivity index (χ1n) is 5.89. The van der Waals surface area contributed by atoms with Crippen molar-refractivity contribution in [1.82, 2.24) is 5.32 Å². The Balaban J connectivity index is 2.85. The van der Waals surface area contributed by atoms with Crippen LogP contribution in [0, 0.1) is 0 Å². The molecule has 0 spiro atoms. The number of carbonyl (C=O) groups is 2. The van der Waals surface area contributed by atoms with Crippen molar-refractivity contribution >= 4 is 12.3 Å². The van der Waals surface area contributed by atoms with E-state index in [1.807, 2.05) is 51.1 Å². The zero-order chi connectivity index (χ0) is 13.6. The maximum absolute atomic E-state index is 12.1. The Morgan fingerprint density at radius 1 is 1.33 bits per heavy atom. The van der Waals surface area contributed by atoms with E-state index in [0.717, 1.165) is 11.8 Å². The number of aldehydes is 1. The van der Waals surface area contributed by atoms with Gasteiger partial charge in [-0.3, -0.25) is 5.32 Å². The summed E-state index contributed by atoms with van der Waals surface area (Å²) in [6, 6.07) is 8.59. The molecule has 1 N–H and O–H groups in total. The summed E-state index contributed by atoms with van der Waals surface area (Å²) in [6.07, 6.45) is 0.723. The highest BCUT2D eigenvalue weighted by atomic mass is 16.6. The largest absolute Gasteiger partial charge is 0.459 e. The first-order valence-corrected chi connectivity index (χ1v) is 5.89. The van der Waals surface area contributed by atoms with Crippen LogP contribution in [0.1, 0.15) is 32.4 Å². The topological polar surface area (TPSA) is 55.4 Å². The average molecular weight is 249 g/mol. The maximum atomic E-state index is 12.1. The molecule has 1 aromatic carbocycles. The van der Waals surface area contributed by atoms with Gasteiger partial charge in [0.1, 0.15) is 17.9 Å². The summed E-state index contributed by atoms with van der Waals surface area (Å²) in [5, 5.41) is 2.87. The van der Waals surface area contributed by atoms with E-state index in [4.69, 9.17) is 4.74 Å². The third kappa shape index (κ3) is 4.67. The van der Waals surface area contributed by atoms with Crippen molar-refractivity contribution < 1.29 is 14.3 Å². The summed E-state index contributed by atoms with van der Waals surface area (Å²) in [5.74, 6) is -0.379. The Morgan fingerprint density at radius 2 is 1.94 bits per heavy atom. The van der Waals surface area contributed by atoms with Crippen LogP contribution in [0.5, 0.6) is 0 Å². The van der Waals surface area contributed by atoms with Crippen LogP contribution in [-0.2, 0) is 14.3 Å². The van der Waals surface area contributed by atoms with Crippen LogP contribution in [0.3, 0.4) is 0 Å². The van der Waals surface area contributed by atoms with Crippen molar-refractivity contribution in [3.05, 3.63) is 35.9 Å². The zero-order valence-electron chi connectivity index (χ0n) is 11.0. The van der Waals surface area contributed by atoms with Gasteiger partial charge in [-0.2, -0.15) is 0 Å². The van der Waals surface area contributed by atoms with Crippen LogP contribution < -0.4 is 5.32 Å². The first-order chi connectivity index (χ1) is 8.44. The van der Waals surface area contributed by atoms with E-state index in [0.29, 0.717) is 0 Å². The molecule has 4 heteroatoms. The second kappa shape index (κ2) is 6.31. The monoisotopic (exact) mass is 249 g/mol. The quantitative estimate of drug-likeness (QED) is 0.639. The van der Waals surface area contributed by atoms with Gasteiger partial charge < -0.3 is 9.53 Å². The fourth-order valence-corrected chi connectivity index (χ4v) is 1.51. The van der Waals surface area contributed by atoms with Crippen LogP contribution in [0.4, 0.5) is 0 Å². The SMILES string of the molecule is CC(C)(C)OC(=O)C(NCC=O)c1ccccc1. The van der Waals surface area contributed by atoms with E-state index in [1.54, 1.807) is 0 Å². The summed E-state index contributed by atoms with van der Waals surface area (Å²) in [7, 11) is 0. The highest BCUT2D eigenvalue weighted by Gasteiger charge is 2.25. The van der Waals surface area contributed by atoms with Crippen molar-refractivity contribution in [2.45, 2.75) is 32.4 Å². The van der Waals surface area contributed by atoms with Gasteiger partial charge in [0.15, 0.2) is 0 Å². The Kier molecular flexibility index (Phi) is 5.04. The van der Waals surface area contributed by atoms with Gasteiger partial charge in [0, 0.05) is 0 Å². The number of carbonyl (C=O) groups excluding carboxylic acids is 2. The number of esters is 1. The molecule has 4 nitrogen and oxygen atoms in total. The van der Waals surface area contributed by atoms with Gasteiger partial charge in [-0.25, -0.2) is 4.79 Å². The Hall–Kier alpha value is -1.68. The van der Waals surface area contributed by atoms with Gasteiger partial charge in [0.05, 0.1) is 6.54 Å². The number of hydrogen-bond acceptors (Lipinski definition) is 4. The third-order valence-corrected chi connectivity index (χ3v) is 2.18. The summed E-state index contributed by atoms with van der Waals surface area (Å²) in [4.78, 5) is 22.5. The number of ether oxygens (including phenoxy) is 1. The van der Waals surface area contributed by atoms with Crippen molar-refractivity contribution in [3.63, 3.8) is 0 Å². The molecule has 1 aromatic rings. The van der Waals surface area contributed by atoms with Crippen molar-refractivity contribution in [2.75, 3.05) is 6.54 Å². The lowest BCUT2D eigenvalue weighted by atomic mass is 10.1. The average Bonchev–Trinajstić information content (AvgIpc) is 2.28. The predicted octanol–water partition coefficient (Wildman–Crippen LogP) is 1.86. The molecule has 1 rings (SSSR count). The van der Waals surface area contributed by atoms with Gasteiger partial charge in [-0.1, -0.05) is 30.3 Å². The second-order valence-electron chi connectivity index (χ2n) is 4.95. The minimum absolute atomic E-state index is 0.110. The van der Waals surface area contributed by atoms with Crippen LogP contribution in [0.25, 0.3) is 0 Å². The Morgan fingerprint density at radius 3 is 2.44 bits per heavy atom. The molecular weight excluding hydrogens is 230 g/mol. The van der Waals surface area contributed by atoms with E-state index in [1.165, 1.54) is 0 Å². The lowest BCUT2D eigenvalue weighted by molar-refractivity contribution is -0.157. The lowest BCUT2D eigenvalue weighted by Gasteiger charge is -2.24. The van der Waals surface area contributed by atoms with E-state index in [9.17, 15) is 9.59 Å². The molecule has 1 atom stereocenters. The van der Waals surface area contributed by atoms with Gasteiger partial charge in [-0.05, 0) is 26.3 Å². The van der Waals surface area contributed by atoms with E-state index in [-0.39, 0.29) is 12.5 Å². The smallest absolute Gasteiger partial charge is 0.328 e. The molecular formula is C14H19NO3. The summed E-state index contributed by atoms with van der Waals surface area (Å²) >= 11 is 0. The minimum Gasteiger partial charge on any atom is -0.459 e. The highest BCUT2D eigenvalue weighted by molar-refractivity contribution is 5.78. The normalized spacial score (nSPS) is 12.8. The molecule has 0 aromatic heterocycles. The van der Waals surface area contributed by atoms with E-state index < -0.39 is 11.6 Å². The molecule has 0 heterocycles. The maximum Gasteiger partial charge on any atom is 0.328 e. The molecule has 0 fully saturated rings. The molecule has 0 bridgehead atoms. The fraction of sp³-hybridized carbons (Fsp3) is 0.429. The Bertz CT molecular complexity index is 395. The van der Waals surface area contributed by atoms with E-state index in [2.05, 4.69) is 5.32 Å². The molecule has 0 aliphatic carbocycles. The van der Waals surface area contributed by atoms with Crippen molar-refractivity contribution in [3.8, 4) is 0 Å². The number of nitrogens with one attached hydrogen (secondary N) is 1. The second-order valence-corrected chi connectivity index (χ2v) is 4.95. The van der Waals surface area contributed by atoms with Gasteiger partial charge in [0.2, 0.25) is 0 Å². The fourth-order valence-electron chi connectivity index (χ4n) is 1.51. The minimum atomic E-state index is -0.615. The van der Waals surface area contributed by atoms with Gasteiger partial charge >= 0.3 is 5.97 Å². The molecule has 0 radical (unpaired) electrons. The number of rotatable bonds is 5. The molecule has 1 unspecified atom stereocenters. The summed E-state index contributed by atoms with van der Waals surface area (Å²) in [6.45, 7) is 5.55. The molecule has 0 amide bonds. The van der Waals surface area contributed by atoms with Crippen molar-refractivity contribution in [1.29, 1.82) is 0 Å². The van der Waals surface area contributed by atoms with Gasteiger partial charge in [0.25, 0.3) is 0 Å². The van der Waals surface area contributed by atoms with Crippen LogP contribution >= 0.6 is 0 Å². The zero-order valence-corrected chi connectivity index (χ0v) is 11.0. The first kappa shape index (κ1) is 14.4.